The van der Waals surface area contributed by atoms with Gasteiger partial charge in [0.05, 0.1) is 25.2 Å². The lowest BCUT2D eigenvalue weighted by Gasteiger charge is -2.24. The highest BCUT2D eigenvalue weighted by molar-refractivity contribution is 5.77. The van der Waals surface area contributed by atoms with Crippen molar-refractivity contribution in [3.8, 4) is 0 Å². The normalized spacial score (nSPS) is 13.3. The summed E-state index contributed by atoms with van der Waals surface area (Å²) in [6.07, 6.45) is 56.7. The first-order chi connectivity index (χ1) is 30.0. The Morgan fingerprint density at radius 3 is 1.25 bits per heavy atom. The van der Waals surface area contributed by atoms with Crippen molar-refractivity contribution in [3.05, 3.63) is 24.3 Å². The largest absolute Gasteiger partial charge is 0.462 e. The minimum absolute atomic E-state index is 0.0502. The van der Waals surface area contributed by atoms with E-state index in [1.165, 1.54) is 186 Å². The van der Waals surface area contributed by atoms with Gasteiger partial charge in [0.1, 0.15) is 6.10 Å². The van der Waals surface area contributed by atoms with E-state index in [1.807, 2.05) is 0 Å². The van der Waals surface area contributed by atoms with Gasteiger partial charge in [-0.2, -0.15) is 0 Å². The van der Waals surface area contributed by atoms with Gasteiger partial charge >= 0.3 is 5.97 Å². The maximum Gasteiger partial charge on any atom is 0.306 e. The van der Waals surface area contributed by atoms with Gasteiger partial charge in [-0.15, -0.1) is 0 Å². The van der Waals surface area contributed by atoms with Gasteiger partial charge in [0, 0.05) is 6.42 Å². The number of hydrogen-bond donors (Lipinski definition) is 3. The molecule has 1 amide bonds. The Kier molecular flexibility index (Phi) is 48.0. The topological polar surface area (TPSA) is 95.9 Å². The molecule has 0 aromatic heterocycles. The molecule has 0 aliphatic carbocycles. The molecule has 0 aromatic carbocycles. The van der Waals surface area contributed by atoms with Crippen molar-refractivity contribution in [2.75, 3.05) is 6.61 Å². The summed E-state index contributed by atoms with van der Waals surface area (Å²) >= 11 is 0. The molecule has 0 aliphatic heterocycles. The van der Waals surface area contributed by atoms with Gasteiger partial charge < -0.3 is 20.3 Å². The second-order valence-electron chi connectivity index (χ2n) is 18.7. The lowest BCUT2D eigenvalue weighted by molar-refractivity contribution is -0.151. The third-order valence-electron chi connectivity index (χ3n) is 12.6. The van der Waals surface area contributed by atoms with Crippen molar-refractivity contribution >= 4 is 11.9 Å². The first-order valence-electron chi connectivity index (χ1n) is 27.1. The molecule has 6 nitrogen and oxygen atoms in total. The lowest BCUT2D eigenvalue weighted by Crippen LogP contribution is -2.46. The number of unbranched alkanes of at least 4 members (excludes halogenated alkanes) is 34. The number of allylic oxidation sites excluding steroid dienone is 4. The highest BCUT2D eigenvalue weighted by atomic mass is 16.5. The van der Waals surface area contributed by atoms with E-state index in [0.29, 0.717) is 19.3 Å². The minimum atomic E-state index is -0.795. The number of rotatable bonds is 49. The van der Waals surface area contributed by atoms with Crippen LogP contribution in [0.3, 0.4) is 0 Å². The number of ether oxygens (including phenoxy) is 1. The summed E-state index contributed by atoms with van der Waals surface area (Å²) in [6.45, 7) is 6.49. The summed E-state index contributed by atoms with van der Waals surface area (Å²) in [5.41, 5.74) is 0. The Balaban J connectivity index is 4.59. The van der Waals surface area contributed by atoms with E-state index >= 15 is 0 Å². The minimum Gasteiger partial charge on any atom is -0.462 e. The summed E-state index contributed by atoms with van der Waals surface area (Å²) in [4.78, 5) is 26.2. The fourth-order valence-electron chi connectivity index (χ4n) is 8.43. The molecule has 3 unspecified atom stereocenters. The molecule has 61 heavy (non-hydrogen) atoms. The van der Waals surface area contributed by atoms with Gasteiger partial charge in [-0.3, -0.25) is 9.59 Å². The third-order valence-corrected chi connectivity index (χ3v) is 12.6. The van der Waals surface area contributed by atoms with Gasteiger partial charge in [-0.1, -0.05) is 257 Å². The number of aliphatic hydroxyl groups excluding tert-OH is 2. The van der Waals surface area contributed by atoms with Crippen LogP contribution in [0.5, 0.6) is 0 Å². The molecular weight excluding hydrogens is 755 g/mol. The Morgan fingerprint density at radius 2 is 0.836 bits per heavy atom. The van der Waals surface area contributed by atoms with E-state index in [4.69, 9.17) is 4.74 Å². The molecule has 360 valence electrons. The van der Waals surface area contributed by atoms with Crippen molar-refractivity contribution in [3.63, 3.8) is 0 Å². The zero-order valence-corrected chi connectivity index (χ0v) is 41.1. The van der Waals surface area contributed by atoms with Crippen LogP contribution in [-0.4, -0.2) is 46.9 Å². The van der Waals surface area contributed by atoms with Gasteiger partial charge in [0.2, 0.25) is 5.91 Å². The maximum absolute atomic E-state index is 13.2. The van der Waals surface area contributed by atoms with E-state index < -0.39 is 18.2 Å². The average Bonchev–Trinajstić information content (AvgIpc) is 3.25. The summed E-state index contributed by atoms with van der Waals surface area (Å²) < 4.78 is 5.92. The molecule has 0 bridgehead atoms. The van der Waals surface area contributed by atoms with Gasteiger partial charge in [-0.05, 0) is 44.9 Å². The molecule has 0 saturated carbocycles. The summed E-state index contributed by atoms with van der Waals surface area (Å²) in [6, 6.07) is -0.711. The second kappa shape index (κ2) is 49.4. The molecule has 3 atom stereocenters. The number of aliphatic hydroxyl groups is 2. The predicted octanol–water partition coefficient (Wildman–Crippen LogP) is 16.3. The van der Waals surface area contributed by atoms with Crippen LogP contribution in [0.25, 0.3) is 0 Å². The second-order valence-corrected chi connectivity index (χ2v) is 18.7. The van der Waals surface area contributed by atoms with Crippen molar-refractivity contribution in [1.82, 2.24) is 5.32 Å². The van der Waals surface area contributed by atoms with Crippen LogP contribution in [-0.2, 0) is 14.3 Å². The molecule has 0 spiro atoms. The quantitative estimate of drug-likeness (QED) is 0.0322. The van der Waals surface area contributed by atoms with Crippen LogP contribution in [0.15, 0.2) is 24.3 Å². The Labute approximate surface area is 380 Å². The number of hydrogen-bond acceptors (Lipinski definition) is 5. The molecule has 0 rings (SSSR count). The monoisotopic (exact) mass is 860 g/mol. The smallest absolute Gasteiger partial charge is 0.306 e. The van der Waals surface area contributed by atoms with Gasteiger partial charge in [-0.25, -0.2) is 0 Å². The van der Waals surface area contributed by atoms with E-state index in [9.17, 15) is 19.8 Å². The molecule has 0 radical (unpaired) electrons. The first kappa shape index (κ1) is 59.3. The van der Waals surface area contributed by atoms with E-state index in [0.717, 1.165) is 57.8 Å². The van der Waals surface area contributed by atoms with Gasteiger partial charge in [0.15, 0.2) is 0 Å². The average molecular weight is 860 g/mol. The van der Waals surface area contributed by atoms with E-state index in [1.54, 1.807) is 0 Å². The summed E-state index contributed by atoms with van der Waals surface area (Å²) in [7, 11) is 0. The number of nitrogens with one attached hydrogen (secondary N) is 1. The zero-order chi connectivity index (χ0) is 44.5. The van der Waals surface area contributed by atoms with Crippen molar-refractivity contribution in [2.24, 2.45) is 0 Å². The zero-order valence-electron chi connectivity index (χ0n) is 41.1. The number of carbonyl (C=O) groups is 2. The van der Waals surface area contributed by atoms with Crippen LogP contribution in [0.4, 0.5) is 0 Å². The molecule has 0 aliphatic rings. The third kappa shape index (κ3) is 44.7. The molecule has 0 heterocycles. The summed E-state index contributed by atoms with van der Waals surface area (Å²) in [5, 5.41) is 23.8. The van der Waals surface area contributed by atoms with E-state index in [-0.39, 0.29) is 24.9 Å². The molecular formula is C55H105NO5. The van der Waals surface area contributed by atoms with Crippen LogP contribution < -0.4 is 5.32 Å². The molecule has 0 fully saturated rings. The van der Waals surface area contributed by atoms with Crippen LogP contribution in [0.1, 0.15) is 290 Å². The lowest BCUT2D eigenvalue weighted by atomic mass is 10.0. The van der Waals surface area contributed by atoms with Crippen molar-refractivity contribution < 1.29 is 24.5 Å². The standard InChI is InChI=1S/C55H105NO5/c1-4-7-10-13-16-19-22-25-28-31-34-37-40-43-46-51(61-55(60)48-45-42-39-36-33-30-27-24-21-18-15-12-9-6-3)49-54(59)56-52(50-57)53(58)47-44-41-38-35-32-29-26-23-20-17-14-11-8-5-2/h28,31,34,37,51-53,57-58H,4-27,29-30,32-33,35-36,38-50H2,1-3H3,(H,56,59)/b31-28+,37-34+. The van der Waals surface area contributed by atoms with E-state index in [2.05, 4.69) is 50.4 Å². The van der Waals surface area contributed by atoms with Gasteiger partial charge in [0.25, 0.3) is 0 Å². The first-order valence-corrected chi connectivity index (χ1v) is 27.1. The fraction of sp³-hybridized carbons (Fsp3) is 0.891. The highest BCUT2D eigenvalue weighted by Crippen LogP contribution is 2.18. The van der Waals surface area contributed by atoms with Crippen molar-refractivity contribution in [2.45, 2.75) is 309 Å². The SMILES string of the molecule is CCCCCCCCC/C=C/C=C/CCCC(CC(=O)NC(CO)C(O)CCCCCCCCCCCCCCCC)OC(=O)CCCCCCCCCCCCCCCC. The van der Waals surface area contributed by atoms with Crippen LogP contribution >= 0.6 is 0 Å². The number of carbonyl (C=O) groups excluding carboxylic acids is 2. The summed E-state index contributed by atoms with van der Waals surface area (Å²) in [5.74, 6) is -0.505. The van der Waals surface area contributed by atoms with Crippen molar-refractivity contribution in [1.29, 1.82) is 0 Å². The number of esters is 1. The Morgan fingerprint density at radius 1 is 0.475 bits per heavy atom. The molecule has 6 heteroatoms. The van der Waals surface area contributed by atoms with Crippen LogP contribution in [0.2, 0.25) is 0 Å². The number of amides is 1. The molecule has 0 saturated heterocycles. The fourth-order valence-corrected chi connectivity index (χ4v) is 8.43. The van der Waals surface area contributed by atoms with Crippen LogP contribution in [0, 0.1) is 0 Å². The predicted molar refractivity (Wildman–Crippen MR) is 264 cm³/mol. The Hall–Kier alpha value is -1.66. The highest BCUT2D eigenvalue weighted by Gasteiger charge is 2.24. The molecule has 3 N–H and O–H groups in total. The Bertz CT molecular complexity index is 966. The molecule has 0 aromatic rings. The maximum atomic E-state index is 13.2.